The average molecular weight is 483 g/mol. The van der Waals surface area contributed by atoms with Gasteiger partial charge in [-0.2, -0.15) is 13.2 Å². The van der Waals surface area contributed by atoms with Crippen LogP contribution in [0.3, 0.4) is 0 Å². The Morgan fingerprint density at radius 2 is 1.52 bits per heavy atom. The maximum absolute atomic E-state index is 12.7. The summed E-state index contributed by atoms with van der Waals surface area (Å²) in [6.45, 7) is 1.90. The van der Waals surface area contributed by atoms with Crippen LogP contribution in [0.4, 0.5) is 18.9 Å². The van der Waals surface area contributed by atoms with Gasteiger partial charge in [-0.15, -0.1) is 12.4 Å². The highest BCUT2D eigenvalue weighted by molar-refractivity contribution is 5.92. The summed E-state index contributed by atoms with van der Waals surface area (Å²) >= 11 is 0. The highest BCUT2D eigenvalue weighted by atomic mass is 35.5. The van der Waals surface area contributed by atoms with E-state index in [1.807, 2.05) is 4.90 Å². The third-order valence-corrected chi connectivity index (χ3v) is 4.86. The summed E-state index contributed by atoms with van der Waals surface area (Å²) in [5.74, 6) is -0.877. The number of rotatable bonds is 5. The highest BCUT2D eigenvalue weighted by Crippen LogP contribution is 2.30. The van der Waals surface area contributed by atoms with Gasteiger partial charge in [0.1, 0.15) is 0 Å². The SMILES string of the molecule is Cl.O=C(C=Cc1cccc(C=CC(=O)N2CCN(c3ccc(C(F)(F)F)cc3)CC2)n1)NO. The quantitative estimate of drug-likeness (QED) is 0.387. The molecular formula is C22H22ClF3N4O3. The molecule has 0 radical (unpaired) electrons. The van der Waals surface area contributed by atoms with Crippen molar-refractivity contribution in [1.82, 2.24) is 15.4 Å². The van der Waals surface area contributed by atoms with Crippen molar-refractivity contribution in [2.24, 2.45) is 0 Å². The van der Waals surface area contributed by atoms with Gasteiger partial charge >= 0.3 is 6.18 Å². The number of aromatic nitrogens is 1. The standard InChI is InChI=1S/C22H21F3N4O3.ClH/c23-22(24,25)16-4-8-19(9-5-16)28-12-14-29(15-13-28)21(31)11-7-18-3-1-2-17(26-18)6-10-20(30)27-32;/h1-11,32H,12-15H2,(H,27,30);1H. The molecule has 0 saturated carbocycles. The lowest BCUT2D eigenvalue weighted by Crippen LogP contribution is -2.48. The van der Waals surface area contributed by atoms with E-state index in [2.05, 4.69) is 4.98 Å². The molecule has 0 atom stereocenters. The summed E-state index contributed by atoms with van der Waals surface area (Å²) in [5, 5.41) is 8.49. The van der Waals surface area contributed by atoms with Gasteiger partial charge in [-0.05, 0) is 48.6 Å². The van der Waals surface area contributed by atoms with Crippen molar-refractivity contribution in [2.75, 3.05) is 31.1 Å². The van der Waals surface area contributed by atoms with Crippen LogP contribution in [-0.2, 0) is 15.8 Å². The van der Waals surface area contributed by atoms with E-state index in [0.717, 1.165) is 18.2 Å². The van der Waals surface area contributed by atoms with Crippen LogP contribution in [0, 0.1) is 0 Å². The summed E-state index contributed by atoms with van der Waals surface area (Å²) in [4.78, 5) is 31.4. The number of anilines is 1. The number of carbonyl (C=O) groups is 2. The molecule has 2 heterocycles. The topological polar surface area (TPSA) is 85.8 Å². The predicted octanol–water partition coefficient (Wildman–Crippen LogP) is 3.40. The number of hydroxylamine groups is 1. The van der Waals surface area contributed by atoms with Crippen molar-refractivity contribution >= 4 is 42.1 Å². The van der Waals surface area contributed by atoms with Gasteiger partial charge in [0.05, 0.1) is 17.0 Å². The Hall–Kier alpha value is -3.37. The van der Waals surface area contributed by atoms with Gasteiger partial charge in [-0.1, -0.05) is 6.07 Å². The second-order valence-electron chi connectivity index (χ2n) is 6.99. The fraction of sp³-hybridized carbons (Fsp3) is 0.227. The molecule has 0 bridgehead atoms. The number of nitrogens with zero attached hydrogens (tertiary/aromatic N) is 3. The van der Waals surface area contributed by atoms with Crippen LogP contribution in [0.15, 0.2) is 54.6 Å². The lowest BCUT2D eigenvalue weighted by atomic mass is 10.1. The monoisotopic (exact) mass is 482 g/mol. The third-order valence-electron chi connectivity index (χ3n) is 4.86. The first-order chi connectivity index (χ1) is 15.3. The lowest BCUT2D eigenvalue weighted by molar-refractivity contribution is -0.137. The highest BCUT2D eigenvalue weighted by Gasteiger charge is 2.30. The Labute approximate surface area is 194 Å². The Bertz CT molecular complexity index is 1020. The molecule has 2 N–H and O–H groups in total. The van der Waals surface area contributed by atoms with Gasteiger partial charge in [-0.25, -0.2) is 10.5 Å². The number of pyridine rings is 1. The summed E-state index contributed by atoms with van der Waals surface area (Å²) in [7, 11) is 0. The zero-order chi connectivity index (χ0) is 23.1. The molecule has 1 saturated heterocycles. The van der Waals surface area contributed by atoms with Crippen LogP contribution in [0.2, 0.25) is 0 Å². The van der Waals surface area contributed by atoms with Gasteiger partial charge < -0.3 is 9.80 Å². The molecule has 1 fully saturated rings. The van der Waals surface area contributed by atoms with Crippen LogP contribution in [0.25, 0.3) is 12.2 Å². The van der Waals surface area contributed by atoms with E-state index < -0.39 is 17.6 Å². The number of carbonyl (C=O) groups excluding carboxylic acids is 2. The van der Waals surface area contributed by atoms with Crippen molar-refractivity contribution in [3.63, 3.8) is 0 Å². The molecule has 1 aromatic carbocycles. The maximum atomic E-state index is 12.7. The molecule has 0 aliphatic carbocycles. The van der Waals surface area contributed by atoms with Gasteiger partial charge in [0, 0.05) is 44.0 Å². The van der Waals surface area contributed by atoms with Crippen molar-refractivity contribution in [1.29, 1.82) is 0 Å². The first-order valence-corrected chi connectivity index (χ1v) is 9.74. The smallest absolute Gasteiger partial charge is 0.368 e. The molecule has 176 valence electrons. The Balaban J connectivity index is 0.00000385. The van der Waals surface area contributed by atoms with Gasteiger partial charge in [0.15, 0.2) is 0 Å². The minimum atomic E-state index is -4.37. The summed E-state index contributed by atoms with van der Waals surface area (Å²) in [5.41, 5.74) is 2.48. The molecule has 1 aliphatic heterocycles. The van der Waals surface area contributed by atoms with Crippen LogP contribution in [0.1, 0.15) is 17.0 Å². The second kappa shape index (κ2) is 11.5. The molecular weight excluding hydrogens is 461 g/mol. The van der Waals surface area contributed by atoms with Gasteiger partial charge in [0.2, 0.25) is 5.91 Å². The minimum absolute atomic E-state index is 0. The molecule has 1 aromatic heterocycles. The normalized spacial score (nSPS) is 14.4. The van der Waals surface area contributed by atoms with E-state index >= 15 is 0 Å². The number of alkyl halides is 3. The van der Waals surface area contributed by atoms with Crippen molar-refractivity contribution < 1.29 is 28.0 Å². The minimum Gasteiger partial charge on any atom is -0.368 e. The van der Waals surface area contributed by atoms with Crippen LogP contribution in [-0.4, -0.2) is 53.1 Å². The van der Waals surface area contributed by atoms with E-state index in [4.69, 9.17) is 5.21 Å². The van der Waals surface area contributed by atoms with Crippen molar-refractivity contribution in [3.8, 4) is 0 Å². The number of hydrogen-bond donors (Lipinski definition) is 2. The first-order valence-electron chi connectivity index (χ1n) is 9.74. The van der Waals surface area contributed by atoms with Gasteiger partial charge in [-0.3, -0.25) is 14.8 Å². The molecule has 7 nitrogen and oxygen atoms in total. The van der Waals surface area contributed by atoms with E-state index in [9.17, 15) is 22.8 Å². The Kier molecular flexibility index (Phi) is 9.01. The zero-order valence-corrected chi connectivity index (χ0v) is 18.1. The molecule has 33 heavy (non-hydrogen) atoms. The Morgan fingerprint density at radius 3 is 2.06 bits per heavy atom. The molecule has 0 spiro atoms. The van der Waals surface area contributed by atoms with Gasteiger partial charge in [0.25, 0.3) is 5.91 Å². The maximum Gasteiger partial charge on any atom is 0.416 e. The summed E-state index contributed by atoms with van der Waals surface area (Å²) in [6.07, 6.45) is 1.15. The number of amides is 2. The molecule has 3 rings (SSSR count). The first kappa shape index (κ1) is 25.9. The number of halogens is 4. The van der Waals surface area contributed by atoms with Crippen LogP contribution >= 0.6 is 12.4 Å². The molecule has 1 aliphatic rings. The zero-order valence-electron chi connectivity index (χ0n) is 17.3. The average Bonchev–Trinajstić information content (AvgIpc) is 2.81. The second-order valence-corrected chi connectivity index (χ2v) is 6.99. The fourth-order valence-corrected chi connectivity index (χ4v) is 3.16. The molecule has 2 aromatic rings. The number of nitrogens with one attached hydrogen (secondary N) is 1. The lowest BCUT2D eigenvalue weighted by Gasteiger charge is -2.35. The van der Waals surface area contributed by atoms with E-state index in [1.54, 1.807) is 29.2 Å². The van der Waals surface area contributed by atoms with Crippen LogP contribution < -0.4 is 10.4 Å². The molecule has 11 heteroatoms. The van der Waals surface area contributed by atoms with E-state index in [0.29, 0.717) is 43.3 Å². The van der Waals surface area contributed by atoms with Crippen LogP contribution in [0.5, 0.6) is 0 Å². The largest absolute Gasteiger partial charge is 0.416 e. The number of hydrogen-bond acceptors (Lipinski definition) is 5. The Morgan fingerprint density at radius 1 is 0.939 bits per heavy atom. The summed E-state index contributed by atoms with van der Waals surface area (Å²) in [6, 6.07) is 10.1. The van der Waals surface area contributed by atoms with E-state index in [-0.39, 0.29) is 18.3 Å². The van der Waals surface area contributed by atoms with Crippen molar-refractivity contribution in [3.05, 3.63) is 71.6 Å². The molecule has 0 unspecified atom stereocenters. The van der Waals surface area contributed by atoms with E-state index in [1.165, 1.54) is 29.8 Å². The predicted molar refractivity (Wildman–Crippen MR) is 120 cm³/mol. The molecule has 2 amide bonds. The number of piperazine rings is 1. The number of benzene rings is 1. The third kappa shape index (κ3) is 7.33. The summed E-state index contributed by atoms with van der Waals surface area (Å²) < 4.78 is 38.1. The van der Waals surface area contributed by atoms with Crippen molar-refractivity contribution in [2.45, 2.75) is 6.18 Å². The fourth-order valence-electron chi connectivity index (χ4n) is 3.16.